The molecule has 0 saturated carbocycles. The van der Waals surface area contributed by atoms with E-state index in [9.17, 15) is 9.59 Å². The molecule has 0 fully saturated rings. The summed E-state index contributed by atoms with van der Waals surface area (Å²) >= 11 is 0. The van der Waals surface area contributed by atoms with E-state index in [-0.39, 0.29) is 12.5 Å². The van der Waals surface area contributed by atoms with Gasteiger partial charge >= 0.3 is 0 Å². The fourth-order valence-electron chi connectivity index (χ4n) is 3.06. The Morgan fingerprint density at radius 1 is 0.833 bits per heavy atom. The molecule has 0 aliphatic heterocycles. The van der Waals surface area contributed by atoms with Crippen molar-refractivity contribution in [2.75, 3.05) is 13.7 Å². The number of hydrogen-bond donors (Lipinski definition) is 1. The van der Waals surface area contributed by atoms with Crippen LogP contribution >= 0.6 is 0 Å². The van der Waals surface area contributed by atoms with E-state index in [1.807, 2.05) is 60.7 Å². The monoisotopic (exact) mass is 404 g/mol. The van der Waals surface area contributed by atoms with E-state index in [2.05, 4.69) is 0 Å². The predicted octanol–water partition coefficient (Wildman–Crippen LogP) is 3.40. The Morgan fingerprint density at radius 3 is 1.90 bits per heavy atom. The molecule has 0 spiro atoms. The normalized spacial score (nSPS) is 10.3. The molecule has 30 heavy (non-hydrogen) atoms. The zero-order valence-corrected chi connectivity index (χ0v) is 16.8. The average molecular weight is 404 g/mol. The number of nitrogens with two attached hydrogens (primary N) is 1. The van der Waals surface area contributed by atoms with E-state index < -0.39 is 5.91 Å². The standard InChI is InChI=1S/C24H24N2O4/c1-29-22-14-20(12-13-21(22)30-17-23(25)27)24(28)26(15-18-8-4-2-5-9-18)16-19-10-6-3-7-11-19/h2-14H,15-17H2,1H3,(H2,25,27). The topological polar surface area (TPSA) is 81.9 Å². The van der Waals surface area contributed by atoms with Crippen molar-refractivity contribution >= 4 is 11.8 Å². The summed E-state index contributed by atoms with van der Waals surface area (Å²) in [6, 6.07) is 24.6. The summed E-state index contributed by atoms with van der Waals surface area (Å²) < 4.78 is 10.7. The number of carbonyl (C=O) groups is 2. The lowest BCUT2D eigenvalue weighted by Gasteiger charge is -2.24. The van der Waals surface area contributed by atoms with Crippen molar-refractivity contribution in [3.05, 3.63) is 95.6 Å². The fourth-order valence-corrected chi connectivity index (χ4v) is 3.06. The van der Waals surface area contributed by atoms with Crippen LogP contribution in [-0.4, -0.2) is 30.4 Å². The van der Waals surface area contributed by atoms with Crippen molar-refractivity contribution in [2.24, 2.45) is 5.73 Å². The lowest BCUT2D eigenvalue weighted by Crippen LogP contribution is -2.30. The molecule has 0 aliphatic rings. The van der Waals surface area contributed by atoms with Gasteiger partial charge in [0.2, 0.25) is 0 Å². The number of amides is 2. The van der Waals surface area contributed by atoms with Crippen LogP contribution < -0.4 is 15.2 Å². The minimum atomic E-state index is -0.589. The minimum Gasteiger partial charge on any atom is -0.493 e. The van der Waals surface area contributed by atoms with Crippen molar-refractivity contribution in [1.29, 1.82) is 0 Å². The van der Waals surface area contributed by atoms with Gasteiger partial charge in [-0.3, -0.25) is 9.59 Å². The molecule has 2 amide bonds. The predicted molar refractivity (Wildman–Crippen MR) is 114 cm³/mol. The van der Waals surface area contributed by atoms with E-state index in [1.165, 1.54) is 7.11 Å². The SMILES string of the molecule is COc1cc(C(=O)N(Cc2ccccc2)Cc2ccccc2)ccc1OCC(N)=O. The maximum absolute atomic E-state index is 13.4. The zero-order valence-electron chi connectivity index (χ0n) is 16.8. The van der Waals surface area contributed by atoms with Crippen LogP contribution in [0.4, 0.5) is 0 Å². The highest BCUT2D eigenvalue weighted by atomic mass is 16.5. The molecule has 0 aliphatic carbocycles. The van der Waals surface area contributed by atoms with Gasteiger partial charge in [-0.2, -0.15) is 0 Å². The Labute approximate surface area is 175 Å². The smallest absolute Gasteiger partial charge is 0.255 e. The van der Waals surface area contributed by atoms with Gasteiger partial charge in [-0.15, -0.1) is 0 Å². The van der Waals surface area contributed by atoms with Crippen LogP contribution in [0.2, 0.25) is 0 Å². The molecule has 3 aromatic carbocycles. The van der Waals surface area contributed by atoms with Crippen LogP contribution in [0.1, 0.15) is 21.5 Å². The molecule has 6 heteroatoms. The van der Waals surface area contributed by atoms with Gasteiger partial charge in [0.05, 0.1) is 7.11 Å². The highest BCUT2D eigenvalue weighted by Gasteiger charge is 2.19. The molecule has 6 nitrogen and oxygen atoms in total. The molecule has 0 aromatic heterocycles. The number of rotatable bonds is 9. The van der Waals surface area contributed by atoms with Gasteiger partial charge < -0.3 is 20.1 Å². The zero-order chi connectivity index (χ0) is 21.3. The lowest BCUT2D eigenvalue weighted by molar-refractivity contribution is -0.119. The first-order valence-electron chi connectivity index (χ1n) is 9.53. The second-order valence-corrected chi connectivity index (χ2v) is 6.75. The maximum Gasteiger partial charge on any atom is 0.255 e. The molecule has 0 unspecified atom stereocenters. The number of primary amides is 1. The number of nitrogens with zero attached hydrogens (tertiary/aromatic N) is 1. The lowest BCUT2D eigenvalue weighted by atomic mass is 10.1. The Morgan fingerprint density at radius 2 is 1.40 bits per heavy atom. The van der Waals surface area contributed by atoms with Crippen LogP contribution in [0.15, 0.2) is 78.9 Å². The molecule has 3 rings (SSSR count). The van der Waals surface area contributed by atoms with E-state index >= 15 is 0 Å². The van der Waals surface area contributed by atoms with Gasteiger partial charge in [-0.05, 0) is 29.3 Å². The van der Waals surface area contributed by atoms with Gasteiger partial charge in [0.15, 0.2) is 18.1 Å². The highest BCUT2D eigenvalue weighted by molar-refractivity contribution is 5.95. The van der Waals surface area contributed by atoms with E-state index in [4.69, 9.17) is 15.2 Å². The Hall–Kier alpha value is -3.80. The molecule has 2 N–H and O–H groups in total. The van der Waals surface area contributed by atoms with Gasteiger partial charge in [0.25, 0.3) is 11.8 Å². The largest absolute Gasteiger partial charge is 0.493 e. The number of hydrogen-bond acceptors (Lipinski definition) is 4. The molecule has 0 atom stereocenters. The Bertz CT molecular complexity index is 949. The van der Waals surface area contributed by atoms with Crippen molar-refractivity contribution in [1.82, 2.24) is 4.90 Å². The van der Waals surface area contributed by atoms with Gasteiger partial charge in [0.1, 0.15) is 0 Å². The molecular weight excluding hydrogens is 380 g/mol. The van der Waals surface area contributed by atoms with Crippen LogP contribution in [0.5, 0.6) is 11.5 Å². The van der Waals surface area contributed by atoms with Crippen molar-refractivity contribution in [3.63, 3.8) is 0 Å². The first kappa shape index (κ1) is 20.9. The third-order valence-electron chi connectivity index (χ3n) is 4.50. The maximum atomic E-state index is 13.4. The Kier molecular flexibility index (Phi) is 7.05. The van der Waals surface area contributed by atoms with Crippen LogP contribution in [0.25, 0.3) is 0 Å². The second kappa shape index (κ2) is 10.1. The van der Waals surface area contributed by atoms with Crippen LogP contribution in [0, 0.1) is 0 Å². The fraction of sp³-hybridized carbons (Fsp3) is 0.167. The summed E-state index contributed by atoms with van der Waals surface area (Å²) in [4.78, 5) is 26.1. The van der Waals surface area contributed by atoms with Crippen molar-refractivity contribution < 1.29 is 19.1 Å². The molecular formula is C24H24N2O4. The van der Waals surface area contributed by atoms with E-state index in [1.54, 1.807) is 23.1 Å². The van der Waals surface area contributed by atoms with Crippen molar-refractivity contribution in [2.45, 2.75) is 13.1 Å². The Balaban J connectivity index is 1.86. The first-order valence-corrected chi connectivity index (χ1v) is 9.53. The van der Waals surface area contributed by atoms with Crippen molar-refractivity contribution in [3.8, 4) is 11.5 Å². The minimum absolute atomic E-state index is 0.137. The third kappa shape index (κ3) is 5.61. The summed E-state index contributed by atoms with van der Waals surface area (Å²) in [5.41, 5.74) is 7.67. The first-order chi connectivity index (χ1) is 14.6. The molecule has 0 saturated heterocycles. The molecule has 3 aromatic rings. The number of benzene rings is 3. The molecule has 0 heterocycles. The van der Waals surface area contributed by atoms with Crippen LogP contribution in [0.3, 0.4) is 0 Å². The summed E-state index contributed by atoms with van der Waals surface area (Å²) in [6.07, 6.45) is 0. The van der Waals surface area contributed by atoms with Crippen LogP contribution in [-0.2, 0) is 17.9 Å². The van der Waals surface area contributed by atoms with Gasteiger partial charge in [-0.1, -0.05) is 60.7 Å². The summed E-state index contributed by atoms with van der Waals surface area (Å²) in [5.74, 6) is -0.0106. The number of methoxy groups -OCH3 is 1. The van der Waals surface area contributed by atoms with E-state index in [0.29, 0.717) is 30.2 Å². The number of ether oxygens (including phenoxy) is 2. The molecule has 0 radical (unpaired) electrons. The summed E-state index contributed by atoms with van der Waals surface area (Å²) in [6.45, 7) is 0.672. The van der Waals surface area contributed by atoms with E-state index in [0.717, 1.165) is 11.1 Å². The summed E-state index contributed by atoms with van der Waals surface area (Å²) in [7, 11) is 1.48. The van der Waals surface area contributed by atoms with Gasteiger partial charge in [-0.25, -0.2) is 0 Å². The number of carbonyl (C=O) groups excluding carboxylic acids is 2. The molecule has 0 bridgehead atoms. The highest BCUT2D eigenvalue weighted by Crippen LogP contribution is 2.29. The van der Waals surface area contributed by atoms with Gasteiger partial charge in [0, 0.05) is 18.7 Å². The third-order valence-corrected chi connectivity index (χ3v) is 4.50. The average Bonchev–Trinajstić information content (AvgIpc) is 2.78. The summed E-state index contributed by atoms with van der Waals surface area (Å²) in [5, 5.41) is 0. The molecule has 154 valence electrons. The quantitative estimate of drug-likeness (QED) is 0.593. The second-order valence-electron chi connectivity index (χ2n) is 6.75.